The second-order valence-corrected chi connectivity index (χ2v) is 6.90. The van der Waals surface area contributed by atoms with Crippen molar-refractivity contribution in [3.63, 3.8) is 0 Å². The van der Waals surface area contributed by atoms with Crippen LogP contribution in [0.15, 0.2) is 18.2 Å². The van der Waals surface area contributed by atoms with Crippen LogP contribution in [0.3, 0.4) is 0 Å². The number of hydrogen-bond donors (Lipinski definition) is 2. The minimum Gasteiger partial charge on any atom is -0.382 e. The Balaban J connectivity index is 2.13. The molecule has 24 heavy (non-hydrogen) atoms. The van der Waals surface area contributed by atoms with Gasteiger partial charge in [-0.1, -0.05) is 25.8 Å². The molecule has 130 valence electrons. The lowest BCUT2D eigenvalue weighted by molar-refractivity contribution is 0.0931. The maximum atomic E-state index is 12.7. The van der Waals surface area contributed by atoms with Crippen molar-refractivity contribution in [1.82, 2.24) is 5.32 Å². The van der Waals surface area contributed by atoms with Crippen molar-refractivity contribution in [3.8, 4) is 12.3 Å². The molecule has 1 aliphatic heterocycles. The summed E-state index contributed by atoms with van der Waals surface area (Å²) in [4.78, 5) is 12.7. The number of carbonyl (C=O) groups excluding carboxylic acids is 1. The van der Waals surface area contributed by atoms with Gasteiger partial charge in [-0.2, -0.15) is 0 Å². The van der Waals surface area contributed by atoms with Gasteiger partial charge < -0.3 is 15.4 Å². The Morgan fingerprint density at radius 3 is 2.71 bits per heavy atom. The zero-order valence-corrected chi connectivity index (χ0v) is 15.1. The van der Waals surface area contributed by atoms with Gasteiger partial charge in [-0.25, -0.2) is 0 Å². The van der Waals surface area contributed by atoms with E-state index in [1.54, 1.807) is 0 Å². The Hall–Kier alpha value is -1.99. The number of ether oxygens (including phenoxy) is 1. The minimum atomic E-state index is -0.286. The largest absolute Gasteiger partial charge is 0.382 e. The third-order valence-electron chi connectivity index (χ3n) is 4.86. The number of carbonyl (C=O) groups is 1. The molecule has 0 bridgehead atoms. The molecule has 4 heteroatoms. The zero-order valence-electron chi connectivity index (χ0n) is 15.1. The van der Waals surface area contributed by atoms with Crippen LogP contribution in [0.25, 0.3) is 0 Å². The van der Waals surface area contributed by atoms with Crippen LogP contribution in [0.1, 0.15) is 43.1 Å². The quantitative estimate of drug-likeness (QED) is 0.788. The summed E-state index contributed by atoms with van der Waals surface area (Å²) < 4.78 is 5.38. The summed E-state index contributed by atoms with van der Waals surface area (Å²) in [5.41, 5.74) is 2.60. The van der Waals surface area contributed by atoms with E-state index in [0.29, 0.717) is 30.7 Å². The van der Waals surface area contributed by atoms with Crippen molar-refractivity contribution in [2.45, 2.75) is 46.2 Å². The Morgan fingerprint density at radius 2 is 2.12 bits per heavy atom. The molecule has 0 radical (unpaired) electrons. The first-order valence-corrected chi connectivity index (χ1v) is 8.65. The van der Waals surface area contributed by atoms with Crippen molar-refractivity contribution in [3.05, 3.63) is 29.3 Å². The third kappa shape index (κ3) is 4.30. The highest BCUT2D eigenvalue weighted by Gasteiger charge is 2.26. The van der Waals surface area contributed by atoms with E-state index in [-0.39, 0.29) is 17.9 Å². The molecule has 4 nitrogen and oxygen atoms in total. The number of anilines is 1. The molecule has 0 spiro atoms. The number of amides is 1. The Bertz CT molecular complexity index is 613. The first-order valence-electron chi connectivity index (χ1n) is 8.65. The fraction of sp³-hybridized carbons (Fsp3) is 0.550. The molecule has 1 aromatic rings. The summed E-state index contributed by atoms with van der Waals surface area (Å²) in [6, 6.07) is 5.80. The highest BCUT2D eigenvalue weighted by Crippen LogP contribution is 2.22. The van der Waals surface area contributed by atoms with Crippen molar-refractivity contribution < 1.29 is 9.53 Å². The molecule has 1 saturated heterocycles. The lowest BCUT2D eigenvalue weighted by Crippen LogP contribution is -2.40. The zero-order chi connectivity index (χ0) is 17.7. The van der Waals surface area contributed by atoms with Crippen molar-refractivity contribution >= 4 is 11.6 Å². The molecule has 0 saturated carbocycles. The maximum Gasteiger partial charge on any atom is 0.252 e. The van der Waals surface area contributed by atoms with Crippen LogP contribution in [-0.2, 0) is 4.74 Å². The second-order valence-electron chi connectivity index (χ2n) is 6.90. The van der Waals surface area contributed by atoms with Crippen LogP contribution in [0, 0.1) is 31.1 Å². The van der Waals surface area contributed by atoms with Crippen LogP contribution < -0.4 is 10.6 Å². The van der Waals surface area contributed by atoms with Crippen LogP contribution in [0.4, 0.5) is 5.69 Å². The van der Waals surface area contributed by atoms with Gasteiger partial charge in [-0.05, 0) is 43.9 Å². The van der Waals surface area contributed by atoms with Gasteiger partial charge in [0.2, 0.25) is 0 Å². The van der Waals surface area contributed by atoms with Gasteiger partial charge in [0, 0.05) is 29.8 Å². The topological polar surface area (TPSA) is 50.4 Å². The summed E-state index contributed by atoms with van der Waals surface area (Å²) in [5.74, 6) is 3.28. The van der Waals surface area contributed by atoms with E-state index in [4.69, 9.17) is 11.2 Å². The Morgan fingerprint density at radius 1 is 1.38 bits per heavy atom. The highest BCUT2D eigenvalue weighted by atomic mass is 16.5. The fourth-order valence-electron chi connectivity index (χ4n) is 2.78. The highest BCUT2D eigenvalue weighted by molar-refractivity contribution is 5.97. The van der Waals surface area contributed by atoms with Gasteiger partial charge in [0.05, 0.1) is 12.6 Å². The lowest BCUT2D eigenvalue weighted by Gasteiger charge is -2.22. The van der Waals surface area contributed by atoms with Gasteiger partial charge in [-0.15, -0.1) is 6.42 Å². The monoisotopic (exact) mass is 328 g/mol. The summed E-state index contributed by atoms with van der Waals surface area (Å²) in [7, 11) is 0. The van der Waals surface area contributed by atoms with E-state index in [1.165, 1.54) is 0 Å². The molecule has 1 aromatic carbocycles. The molecule has 1 amide bonds. The maximum absolute atomic E-state index is 12.7. The van der Waals surface area contributed by atoms with E-state index in [2.05, 4.69) is 37.3 Å². The number of terminal acetylenes is 1. The Kier molecular flexibility index (Phi) is 6.28. The first-order chi connectivity index (χ1) is 11.4. The summed E-state index contributed by atoms with van der Waals surface area (Å²) >= 11 is 0. The van der Waals surface area contributed by atoms with Crippen molar-refractivity contribution in [2.24, 2.45) is 11.8 Å². The van der Waals surface area contributed by atoms with Crippen LogP contribution in [0.5, 0.6) is 0 Å². The molecule has 2 rings (SSSR count). The predicted octanol–water partition coefficient (Wildman–Crippen LogP) is 3.22. The molecule has 2 N–H and O–H groups in total. The molecule has 3 atom stereocenters. The van der Waals surface area contributed by atoms with Gasteiger partial charge in [-0.3, -0.25) is 4.79 Å². The normalized spacial score (nSPS) is 19.6. The SMILES string of the molecule is C#C[C@H](NC(=O)c1cccc(N[C@@H](C)C(C)C)c1C)[C@@H]1CCOC1. The van der Waals surface area contributed by atoms with E-state index in [9.17, 15) is 4.79 Å². The minimum absolute atomic E-state index is 0.122. The smallest absolute Gasteiger partial charge is 0.252 e. The predicted molar refractivity (Wildman–Crippen MR) is 98.1 cm³/mol. The van der Waals surface area contributed by atoms with Gasteiger partial charge in [0.25, 0.3) is 5.91 Å². The van der Waals surface area contributed by atoms with Crippen LogP contribution in [0.2, 0.25) is 0 Å². The Labute approximate surface area is 145 Å². The van der Waals surface area contributed by atoms with E-state index in [1.807, 2.05) is 25.1 Å². The summed E-state index contributed by atoms with van der Waals surface area (Å²) in [5, 5.41) is 6.47. The van der Waals surface area contributed by atoms with Gasteiger partial charge >= 0.3 is 0 Å². The molecule has 0 unspecified atom stereocenters. The number of rotatable bonds is 6. The number of hydrogen-bond acceptors (Lipinski definition) is 3. The van der Waals surface area contributed by atoms with Gasteiger partial charge in [0.1, 0.15) is 0 Å². The van der Waals surface area contributed by atoms with E-state index >= 15 is 0 Å². The number of nitrogens with one attached hydrogen (secondary N) is 2. The van der Waals surface area contributed by atoms with E-state index < -0.39 is 0 Å². The lowest BCUT2D eigenvalue weighted by atomic mass is 9.98. The molecular formula is C20H28N2O2. The van der Waals surface area contributed by atoms with Crippen molar-refractivity contribution in [1.29, 1.82) is 0 Å². The molecule has 0 aromatic heterocycles. The summed E-state index contributed by atoms with van der Waals surface area (Å²) in [6.07, 6.45) is 6.50. The fourth-order valence-corrected chi connectivity index (χ4v) is 2.78. The first kappa shape index (κ1) is 18.4. The second kappa shape index (κ2) is 8.21. The van der Waals surface area contributed by atoms with Crippen LogP contribution in [-0.4, -0.2) is 31.2 Å². The summed E-state index contributed by atoms with van der Waals surface area (Å²) in [6.45, 7) is 9.78. The average Bonchev–Trinajstić information content (AvgIpc) is 3.08. The standard InChI is InChI=1S/C20H28N2O2/c1-6-18(16-10-11-24-12-16)22-20(23)17-8-7-9-19(14(17)4)21-15(5)13(2)3/h1,7-9,13,15-16,18,21H,10-12H2,2-5H3,(H,22,23)/t15-,16+,18-/m0/s1. The van der Waals surface area contributed by atoms with Gasteiger partial charge in [0.15, 0.2) is 0 Å². The number of benzene rings is 1. The van der Waals surface area contributed by atoms with Crippen LogP contribution >= 0.6 is 0 Å². The van der Waals surface area contributed by atoms with E-state index in [0.717, 1.165) is 17.7 Å². The molecule has 0 aliphatic carbocycles. The molecule has 1 heterocycles. The third-order valence-corrected chi connectivity index (χ3v) is 4.86. The molecular weight excluding hydrogens is 300 g/mol. The van der Waals surface area contributed by atoms with Crippen molar-refractivity contribution in [2.75, 3.05) is 18.5 Å². The average molecular weight is 328 g/mol. The molecule has 1 fully saturated rings. The molecule has 1 aliphatic rings.